The highest BCUT2D eigenvalue weighted by molar-refractivity contribution is 5.31. The largest absolute Gasteiger partial charge is 0.494 e. The second kappa shape index (κ2) is 8.96. The van der Waals surface area contributed by atoms with Crippen molar-refractivity contribution in [2.75, 3.05) is 14.2 Å². The number of benzene rings is 1. The molecule has 0 aliphatic heterocycles. The number of hydrogen-bond acceptors (Lipinski definition) is 2. The van der Waals surface area contributed by atoms with Crippen LogP contribution >= 0.6 is 0 Å². The summed E-state index contributed by atoms with van der Waals surface area (Å²) in [6, 6.07) is 5.70. The molecule has 0 aliphatic rings. The summed E-state index contributed by atoms with van der Waals surface area (Å²) in [5.74, 6) is 0.699. The van der Waals surface area contributed by atoms with Crippen molar-refractivity contribution in [1.29, 1.82) is 0 Å². The Morgan fingerprint density at radius 3 is 2.60 bits per heavy atom. The van der Waals surface area contributed by atoms with E-state index in [4.69, 9.17) is 4.74 Å². The zero-order valence-corrected chi connectivity index (χ0v) is 13.2. The van der Waals surface area contributed by atoms with Crippen LogP contribution in [0.25, 0.3) is 0 Å². The minimum atomic E-state index is -0.222. The maximum atomic E-state index is 14.2. The molecule has 0 fully saturated rings. The van der Waals surface area contributed by atoms with Gasteiger partial charge in [0.2, 0.25) is 0 Å². The lowest BCUT2D eigenvalue weighted by atomic mass is 9.87. The molecule has 0 aromatic heterocycles. The fourth-order valence-corrected chi connectivity index (χ4v) is 2.77. The van der Waals surface area contributed by atoms with E-state index in [0.29, 0.717) is 24.1 Å². The molecular formula is C17H28FNO. The molecule has 1 rings (SSSR count). The zero-order valence-electron chi connectivity index (χ0n) is 13.2. The van der Waals surface area contributed by atoms with Crippen LogP contribution < -0.4 is 10.1 Å². The van der Waals surface area contributed by atoms with Crippen molar-refractivity contribution in [3.05, 3.63) is 29.6 Å². The number of unbranched alkanes of at least 4 members (excludes halogenated alkanes) is 1. The van der Waals surface area contributed by atoms with E-state index in [1.54, 1.807) is 6.07 Å². The first kappa shape index (κ1) is 17.0. The van der Waals surface area contributed by atoms with E-state index in [9.17, 15) is 4.39 Å². The van der Waals surface area contributed by atoms with Crippen LogP contribution in [0.2, 0.25) is 0 Å². The highest BCUT2D eigenvalue weighted by Crippen LogP contribution is 2.25. The van der Waals surface area contributed by atoms with Gasteiger partial charge in [0.15, 0.2) is 11.6 Å². The Labute approximate surface area is 122 Å². The van der Waals surface area contributed by atoms with Gasteiger partial charge in [-0.05, 0) is 37.4 Å². The number of rotatable bonds is 9. The van der Waals surface area contributed by atoms with E-state index in [2.05, 4.69) is 19.2 Å². The lowest BCUT2D eigenvalue weighted by Gasteiger charge is -2.26. The normalized spacial score (nSPS) is 14.1. The van der Waals surface area contributed by atoms with E-state index in [-0.39, 0.29) is 5.82 Å². The van der Waals surface area contributed by atoms with E-state index in [0.717, 1.165) is 12.0 Å². The zero-order chi connectivity index (χ0) is 15.0. The summed E-state index contributed by atoms with van der Waals surface area (Å²) in [6.45, 7) is 4.43. The molecule has 20 heavy (non-hydrogen) atoms. The first-order valence-corrected chi connectivity index (χ1v) is 7.66. The molecule has 1 N–H and O–H groups in total. The molecule has 0 saturated carbocycles. The molecular weight excluding hydrogens is 253 g/mol. The van der Waals surface area contributed by atoms with Gasteiger partial charge in [-0.3, -0.25) is 0 Å². The highest BCUT2D eigenvalue weighted by Gasteiger charge is 2.20. The van der Waals surface area contributed by atoms with Crippen LogP contribution in [0.3, 0.4) is 0 Å². The third-order valence-electron chi connectivity index (χ3n) is 4.10. The summed E-state index contributed by atoms with van der Waals surface area (Å²) in [7, 11) is 3.48. The van der Waals surface area contributed by atoms with Gasteiger partial charge in [0, 0.05) is 6.04 Å². The second-order valence-corrected chi connectivity index (χ2v) is 5.34. The summed E-state index contributed by atoms with van der Waals surface area (Å²) in [6.07, 6.45) is 5.47. The third kappa shape index (κ3) is 4.48. The van der Waals surface area contributed by atoms with Crippen LogP contribution in [0, 0.1) is 11.7 Å². The number of hydrogen-bond donors (Lipinski definition) is 1. The molecule has 1 aromatic rings. The molecule has 2 nitrogen and oxygen atoms in total. The summed E-state index contributed by atoms with van der Waals surface area (Å²) < 4.78 is 19.3. The lowest BCUT2D eigenvalue weighted by molar-refractivity contribution is 0.325. The maximum absolute atomic E-state index is 14.2. The van der Waals surface area contributed by atoms with Crippen molar-refractivity contribution in [2.24, 2.45) is 5.92 Å². The monoisotopic (exact) mass is 281 g/mol. The van der Waals surface area contributed by atoms with Crippen molar-refractivity contribution in [3.63, 3.8) is 0 Å². The van der Waals surface area contributed by atoms with Gasteiger partial charge in [-0.2, -0.15) is 0 Å². The van der Waals surface area contributed by atoms with Crippen molar-refractivity contribution in [3.8, 4) is 5.75 Å². The highest BCUT2D eigenvalue weighted by atomic mass is 19.1. The van der Waals surface area contributed by atoms with Gasteiger partial charge in [-0.25, -0.2) is 4.39 Å². The van der Waals surface area contributed by atoms with Crippen LogP contribution in [-0.2, 0) is 6.42 Å². The van der Waals surface area contributed by atoms with Crippen molar-refractivity contribution in [2.45, 2.75) is 52.0 Å². The van der Waals surface area contributed by atoms with Gasteiger partial charge in [0.1, 0.15) is 0 Å². The number of ether oxygens (including phenoxy) is 1. The summed E-state index contributed by atoms with van der Waals surface area (Å²) in [4.78, 5) is 0. The van der Waals surface area contributed by atoms with Crippen LogP contribution in [0.15, 0.2) is 18.2 Å². The molecule has 0 spiro atoms. The molecule has 2 unspecified atom stereocenters. The van der Waals surface area contributed by atoms with Crippen LogP contribution in [0.1, 0.15) is 45.1 Å². The quantitative estimate of drug-likeness (QED) is 0.733. The second-order valence-electron chi connectivity index (χ2n) is 5.34. The van der Waals surface area contributed by atoms with Gasteiger partial charge in [0.05, 0.1) is 7.11 Å². The fourth-order valence-electron chi connectivity index (χ4n) is 2.77. The Kier molecular flexibility index (Phi) is 7.60. The maximum Gasteiger partial charge on any atom is 0.168 e. The van der Waals surface area contributed by atoms with Crippen molar-refractivity contribution >= 4 is 0 Å². The Bertz CT molecular complexity index is 395. The average molecular weight is 281 g/mol. The third-order valence-corrected chi connectivity index (χ3v) is 4.10. The lowest BCUT2D eigenvalue weighted by Crippen LogP contribution is -2.35. The van der Waals surface area contributed by atoms with Gasteiger partial charge in [-0.15, -0.1) is 0 Å². The fraction of sp³-hybridized carbons (Fsp3) is 0.647. The summed E-state index contributed by atoms with van der Waals surface area (Å²) in [5.41, 5.74) is 0.735. The Balaban J connectivity index is 2.81. The van der Waals surface area contributed by atoms with E-state index in [1.165, 1.54) is 26.4 Å². The topological polar surface area (TPSA) is 21.3 Å². The minimum Gasteiger partial charge on any atom is -0.494 e. The number of methoxy groups -OCH3 is 1. The van der Waals surface area contributed by atoms with Gasteiger partial charge in [-0.1, -0.05) is 45.2 Å². The number of nitrogens with one attached hydrogen (secondary N) is 1. The molecule has 0 saturated heterocycles. The Morgan fingerprint density at radius 2 is 2.05 bits per heavy atom. The van der Waals surface area contributed by atoms with Gasteiger partial charge < -0.3 is 10.1 Å². The van der Waals surface area contributed by atoms with E-state index >= 15 is 0 Å². The van der Waals surface area contributed by atoms with Gasteiger partial charge in [0.25, 0.3) is 0 Å². The molecule has 0 aliphatic carbocycles. The number of likely N-dealkylation sites (N-methyl/N-ethyl adjacent to an activating group) is 1. The predicted octanol–water partition coefficient (Wildman–Crippen LogP) is 4.18. The average Bonchev–Trinajstić information content (AvgIpc) is 2.48. The predicted molar refractivity (Wildman–Crippen MR) is 82.8 cm³/mol. The van der Waals surface area contributed by atoms with Crippen LogP contribution in [0.5, 0.6) is 5.75 Å². The molecule has 0 amide bonds. The molecule has 114 valence electrons. The molecule has 2 atom stereocenters. The van der Waals surface area contributed by atoms with E-state index < -0.39 is 0 Å². The van der Waals surface area contributed by atoms with Crippen molar-refractivity contribution < 1.29 is 9.13 Å². The molecule has 1 aromatic carbocycles. The smallest absolute Gasteiger partial charge is 0.168 e. The standard InChI is InChI=1S/C17H28FNO/c1-5-7-9-13(6-2)15(19-3)12-14-10-8-11-16(20-4)17(14)18/h8,10-11,13,15,19H,5-7,9,12H2,1-4H3. The molecule has 0 radical (unpaired) electrons. The molecule has 3 heteroatoms. The molecule has 0 heterocycles. The summed E-state index contributed by atoms with van der Waals surface area (Å²) in [5, 5.41) is 3.37. The van der Waals surface area contributed by atoms with Gasteiger partial charge >= 0.3 is 0 Å². The van der Waals surface area contributed by atoms with Crippen LogP contribution in [0.4, 0.5) is 4.39 Å². The summed E-state index contributed by atoms with van der Waals surface area (Å²) >= 11 is 0. The minimum absolute atomic E-state index is 0.222. The first-order valence-electron chi connectivity index (χ1n) is 7.66. The van der Waals surface area contributed by atoms with Crippen molar-refractivity contribution in [1.82, 2.24) is 5.32 Å². The Hall–Kier alpha value is -1.09. The number of halogens is 1. The Morgan fingerprint density at radius 1 is 1.30 bits per heavy atom. The SMILES string of the molecule is CCCCC(CC)C(Cc1cccc(OC)c1F)NC. The molecule has 0 bridgehead atoms. The van der Waals surface area contributed by atoms with Crippen LogP contribution in [-0.4, -0.2) is 20.2 Å². The first-order chi connectivity index (χ1) is 9.67. The van der Waals surface area contributed by atoms with E-state index in [1.807, 2.05) is 19.2 Å².